The summed E-state index contributed by atoms with van der Waals surface area (Å²) >= 11 is 0. The normalized spacial score (nSPS) is 18.2. The van der Waals surface area contributed by atoms with Crippen LogP contribution >= 0.6 is 0 Å². The van der Waals surface area contributed by atoms with Crippen molar-refractivity contribution in [2.75, 3.05) is 13.1 Å². The minimum absolute atomic E-state index is 0.412. The summed E-state index contributed by atoms with van der Waals surface area (Å²) in [5.74, 6) is 3.01. The second-order valence-corrected chi connectivity index (χ2v) is 5.56. The molecule has 0 bridgehead atoms. The molecule has 0 aliphatic carbocycles. The molecular weight excluding hydrogens is 212 g/mol. The zero-order chi connectivity index (χ0) is 12.4. The number of aromatic nitrogens is 3. The summed E-state index contributed by atoms with van der Waals surface area (Å²) in [5.41, 5.74) is 0. The number of hydrogen-bond donors (Lipinski definition) is 1. The topological polar surface area (TPSA) is 42.7 Å². The van der Waals surface area contributed by atoms with E-state index in [4.69, 9.17) is 10.1 Å². The van der Waals surface area contributed by atoms with Crippen molar-refractivity contribution < 1.29 is 0 Å². The predicted molar refractivity (Wildman–Crippen MR) is 69.3 cm³/mol. The first-order valence-electron chi connectivity index (χ1n) is 6.76. The van der Waals surface area contributed by atoms with Crippen molar-refractivity contribution in [2.24, 2.45) is 0 Å². The second kappa shape index (κ2) is 5.17. The van der Waals surface area contributed by atoms with Gasteiger partial charge in [-0.25, -0.2) is 9.67 Å². The third-order valence-corrected chi connectivity index (χ3v) is 3.36. The molecule has 0 amide bonds. The number of piperidine rings is 1. The van der Waals surface area contributed by atoms with Crippen molar-refractivity contribution in [2.45, 2.75) is 58.4 Å². The van der Waals surface area contributed by atoms with Crippen LogP contribution in [0.25, 0.3) is 0 Å². The first-order chi connectivity index (χ1) is 8.09. The SMILES string of the molecule is CC(C)c1nc(C(C)C)n(C2CCNCC2)n1. The van der Waals surface area contributed by atoms with Crippen LogP contribution in [0.15, 0.2) is 0 Å². The van der Waals surface area contributed by atoms with E-state index in [1.54, 1.807) is 0 Å². The molecule has 0 aromatic carbocycles. The minimum Gasteiger partial charge on any atom is -0.317 e. The summed E-state index contributed by atoms with van der Waals surface area (Å²) in [4.78, 5) is 4.72. The maximum Gasteiger partial charge on any atom is 0.153 e. The van der Waals surface area contributed by atoms with E-state index >= 15 is 0 Å². The lowest BCUT2D eigenvalue weighted by Gasteiger charge is -2.24. The summed E-state index contributed by atoms with van der Waals surface area (Å²) < 4.78 is 2.20. The Morgan fingerprint density at radius 1 is 1.12 bits per heavy atom. The fraction of sp³-hybridized carbons (Fsp3) is 0.846. The molecule has 0 radical (unpaired) electrons. The van der Waals surface area contributed by atoms with Crippen LogP contribution in [-0.2, 0) is 0 Å². The summed E-state index contributed by atoms with van der Waals surface area (Å²) in [6.07, 6.45) is 2.33. The van der Waals surface area contributed by atoms with Gasteiger partial charge in [-0.15, -0.1) is 0 Å². The van der Waals surface area contributed by atoms with Crippen molar-refractivity contribution in [3.8, 4) is 0 Å². The van der Waals surface area contributed by atoms with Gasteiger partial charge in [-0.1, -0.05) is 27.7 Å². The predicted octanol–water partition coefficient (Wildman–Crippen LogP) is 2.45. The lowest BCUT2D eigenvalue weighted by Crippen LogP contribution is -2.30. The van der Waals surface area contributed by atoms with E-state index in [1.165, 1.54) is 12.8 Å². The Morgan fingerprint density at radius 3 is 2.29 bits per heavy atom. The maximum atomic E-state index is 4.73. The van der Waals surface area contributed by atoms with Crippen LogP contribution in [0, 0.1) is 0 Å². The molecule has 4 heteroatoms. The van der Waals surface area contributed by atoms with E-state index in [2.05, 4.69) is 37.7 Å². The monoisotopic (exact) mass is 236 g/mol. The molecule has 1 aromatic rings. The van der Waals surface area contributed by atoms with Crippen LogP contribution in [0.2, 0.25) is 0 Å². The van der Waals surface area contributed by atoms with Gasteiger partial charge in [0.2, 0.25) is 0 Å². The highest BCUT2D eigenvalue weighted by Crippen LogP contribution is 2.24. The van der Waals surface area contributed by atoms with E-state index in [0.717, 1.165) is 24.7 Å². The van der Waals surface area contributed by atoms with Gasteiger partial charge in [0, 0.05) is 11.8 Å². The smallest absolute Gasteiger partial charge is 0.153 e. The zero-order valence-electron chi connectivity index (χ0n) is 11.4. The maximum absolute atomic E-state index is 4.73. The molecule has 17 heavy (non-hydrogen) atoms. The summed E-state index contributed by atoms with van der Waals surface area (Å²) in [7, 11) is 0. The van der Waals surface area contributed by atoms with E-state index < -0.39 is 0 Å². The minimum atomic E-state index is 0.412. The molecule has 96 valence electrons. The Bertz CT molecular complexity index is 361. The highest BCUT2D eigenvalue weighted by molar-refractivity contribution is 5.02. The van der Waals surface area contributed by atoms with Gasteiger partial charge in [-0.05, 0) is 25.9 Å². The van der Waals surface area contributed by atoms with Gasteiger partial charge in [-0.2, -0.15) is 5.10 Å². The van der Waals surface area contributed by atoms with Gasteiger partial charge in [0.15, 0.2) is 5.82 Å². The lowest BCUT2D eigenvalue weighted by molar-refractivity contribution is 0.329. The number of nitrogens with zero attached hydrogens (tertiary/aromatic N) is 3. The zero-order valence-corrected chi connectivity index (χ0v) is 11.4. The van der Waals surface area contributed by atoms with Gasteiger partial charge < -0.3 is 5.32 Å². The average molecular weight is 236 g/mol. The summed E-state index contributed by atoms with van der Waals surface area (Å²) in [5, 5.41) is 8.13. The lowest BCUT2D eigenvalue weighted by atomic mass is 10.1. The van der Waals surface area contributed by atoms with E-state index in [-0.39, 0.29) is 0 Å². The van der Waals surface area contributed by atoms with E-state index in [1.807, 2.05) is 0 Å². The molecule has 1 saturated heterocycles. The standard InChI is InChI=1S/C13H24N4/c1-9(2)12-15-13(10(3)4)17(16-12)11-5-7-14-8-6-11/h9-11,14H,5-8H2,1-4H3. The quantitative estimate of drug-likeness (QED) is 0.876. The van der Waals surface area contributed by atoms with Crippen LogP contribution in [0.5, 0.6) is 0 Å². The highest BCUT2D eigenvalue weighted by Gasteiger charge is 2.22. The van der Waals surface area contributed by atoms with Gasteiger partial charge in [0.1, 0.15) is 5.82 Å². The first kappa shape index (κ1) is 12.6. The molecule has 2 rings (SSSR count). The fourth-order valence-electron chi connectivity index (χ4n) is 2.31. The Labute approximate surface area is 104 Å². The second-order valence-electron chi connectivity index (χ2n) is 5.56. The Balaban J connectivity index is 2.29. The van der Waals surface area contributed by atoms with Gasteiger partial charge in [-0.3, -0.25) is 0 Å². The summed E-state index contributed by atoms with van der Waals surface area (Å²) in [6, 6.07) is 0.536. The van der Waals surface area contributed by atoms with Crippen LogP contribution in [0.4, 0.5) is 0 Å². The van der Waals surface area contributed by atoms with E-state index in [0.29, 0.717) is 17.9 Å². The molecular formula is C13H24N4. The van der Waals surface area contributed by atoms with E-state index in [9.17, 15) is 0 Å². The van der Waals surface area contributed by atoms with Gasteiger partial charge >= 0.3 is 0 Å². The molecule has 1 aromatic heterocycles. The molecule has 0 unspecified atom stereocenters. The molecule has 0 atom stereocenters. The molecule has 4 nitrogen and oxygen atoms in total. The fourth-order valence-corrected chi connectivity index (χ4v) is 2.31. The molecule has 1 fully saturated rings. The van der Waals surface area contributed by atoms with Crippen molar-refractivity contribution in [1.29, 1.82) is 0 Å². The van der Waals surface area contributed by atoms with Crippen molar-refractivity contribution in [3.63, 3.8) is 0 Å². The Kier molecular flexibility index (Phi) is 3.82. The number of hydrogen-bond acceptors (Lipinski definition) is 3. The molecule has 0 saturated carbocycles. The Morgan fingerprint density at radius 2 is 1.76 bits per heavy atom. The van der Waals surface area contributed by atoms with Crippen LogP contribution in [0.3, 0.4) is 0 Å². The third kappa shape index (κ3) is 2.68. The Hall–Kier alpha value is -0.900. The average Bonchev–Trinajstić information content (AvgIpc) is 2.75. The molecule has 1 aliphatic heterocycles. The molecule has 1 N–H and O–H groups in total. The van der Waals surface area contributed by atoms with Crippen molar-refractivity contribution >= 4 is 0 Å². The van der Waals surface area contributed by atoms with Crippen LogP contribution in [-0.4, -0.2) is 27.9 Å². The van der Waals surface area contributed by atoms with Crippen LogP contribution in [0.1, 0.15) is 70.1 Å². The van der Waals surface area contributed by atoms with Crippen molar-refractivity contribution in [1.82, 2.24) is 20.1 Å². The molecule has 2 heterocycles. The molecule has 1 aliphatic rings. The largest absolute Gasteiger partial charge is 0.317 e. The van der Waals surface area contributed by atoms with Crippen LogP contribution < -0.4 is 5.32 Å². The third-order valence-electron chi connectivity index (χ3n) is 3.36. The number of nitrogens with one attached hydrogen (secondary N) is 1. The van der Waals surface area contributed by atoms with Gasteiger partial charge in [0.25, 0.3) is 0 Å². The molecule has 0 spiro atoms. The highest BCUT2D eigenvalue weighted by atomic mass is 15.4. The van der Waals surface area contributed by atoms with Gasteiger partial charge in [0.05, 0.1) is 6.04 Å². The van der Waals surface area contributed by atoms with Crippen molar-refractivity contribution in [3.05, 3.63) is 11.6 Å². The first-order valence-corrected chi connectivity index (χ1v) is 6.76. The summed E-state index contributed by atoms with van der Waals surface area (Å²) in [6.45, 7) is 10.9. The number of rotatable bonds is 3.